The van der Waals surface area contributed by atoms with Crippen LogP contribution in [0.1, 0.15) is 17.4 Å². The molecule has 3 N–H and O–H groups in total. The second kappa shape index (κ2) is 6.60. The van der Waals surface area contributed by atoms with Crippen LogP contribution in [-0.2, 0) is 6.42 Å². The third kappa shape index (κ3) is 3.85. The van der Waals surface area contributed by atoms with E-state index in [0.717, 1.165) is 11.3 Å². The first kappa shape index (κ1) is 14.6. The molecule has 0 saturated heterocycles. The van der Waals surface area contributed by atoms with Gasteiger partial charge >= 0.3 is 12.1 Å². The molecule has 1 amide bonds. The topological polar surface area (TPSA) is 110 Å². The van der Waals surface area contributed by atoms with Crippen molar-refractivity contribution >= 4 is 12.1 Å². The molecule has 112 valence electrons. The van der Waals surface area contributed by atoms with Crippen LogP contribution in [-0.4, -0.2) is 35.5 Å². The molecule has 0 spiro atoms. The lowest BCUT2D eigenvalue weighted by Gasteiger charge is -2.13. The molecule has 2 rings (SSSR count). The molecule has 0 aliphatic carbocycles. The Morgan fingerprint density at radius 2 is 2.14 bits per heavy atom. The van der Waals surface area contributed by atoms with Gasteiger partial charge in [-0.2, -0.15) is 4.98 Å². The van der Waals surface area contributed by atoms with Crippen LogP contribution < -0.4 is 15.4 Å². The first-order valence-corrected chi connectivity index (χ1v) is 6.26. The highest BCUT2D eigenvalue weighted by molar-refractivity contribution is 5.65. The molecule has 0 aliphatic rings. The third-order valence-electron chi connectivity index (χ3n) is 2.86. The minimum absolute atomic E-state index is 0.233. The molecule has 0 aliphatic heterocycles. The Hall–Kier alpha value is -2.77. The third-order valence-corrected chi connectivity index (χ3v) is 2.86. The number of amides is 1. The number of carboxylic acid groups (broad SMARTS) is 1. The summed E-state index contributed by atoms with van der Waals surface area (Å²) in [5.74, 6) is 1.01. The van der Waals surface area contributed by atoms with Crippen LogP contribution in [0.5, 0.6) is 5.75 Å². The van der Waals surface area contributed by atoms with E-state index in [2.05, 4.69) is 20.8 Å². The van der Waals surface area contributed by atoms with E-state index in [1.165, 1.54) is 0 Å². The van der Waals surface area contributed by atoms with Crippen LogP contribution in [0.25, 0.3) is 0 Å². The van der Waals surface area contributed by atoms with Gasteiger partial charge in [0, 0.05) is 13.5 Å². The predicted octanol–water partition coefficient (Wildman–Crippen LogP) is 1.67. The maximum absolute atomic E-state index is 10.9. The van der Waals surface area contributed by atoms with Crippen molar-refractivity contribution in [3.8, 4) is 5.75 Å². The number of aromatic nitrogens is 2. The van der Waals surface area contributed by atoms with Crippen molar-refractivity contribution in [2.45, 2.75) is 12.5 Å². The van der Waals surface area contributed by atoms with Gasteiger partial charge in [-0.3, -0.25) is 0 Å². The van der Waals surface area contributed by atoms with E-state index in [1.807, 2.05) is 24.3 Å². The van der Waals surface area contributed by atoms with Gasteiger partial charge in [-0.15, -0.1) is 0 Å². The van der Waals surface area contributed by atoms with Gasteiger partial charge in [-0.05, 0) is 17.7 Å². The van der Waals surface area contributed by atoms with Crippen LogP contribution in [0.3, 0.4) is 0 Å². The molecule has 8 heteroatoms. The molecule has 0 bridgehead atoms. The minimum Gasteiger partial charge on any atom is -0.497 e. The number of nitrogens with one attached hydrogen (secondary N) is 2. The molecule has 2 aromatic rings. The van der Waals surface area contributed by atoms with E-state index in [9.17, 15) is 4.79 Å². The van der Waals surface area contributed by atoms with Crippen LogP contribution in [0.2, 0.25) is 0 Å². The van der Waals surface area contributed by atoms with Crippen molar-refractivity contribution in [3.63, 3.8) is 0 Å². The number of benzene rings is 1. The summed E-state index contributed by atoms with van der Waals surface area (Å²) in [6.45, 7) is 0. The van der Waals surface area contributed by atoms with E-state index >= 15 is 0 Å². The summed E-state index contributed by atoms with van der Waals surface area (Å²) in [7, 11) is 3.22. The average Bonchev–Trinajstić information content (AvgIpc) is 2.96. The summed E-state index contributed by atoms with van der Waals surface area (Å²) in [4.78, 5) is 15.0. The number of methoxy groups -OCH3 is 1. The Morgan fingerprint density at radius 1 is 1.43 bits per heavy atom. The van der Waals surface area contributed by atoms with Crippen LogP contribution in [0.4, 0.5) is 10.8 Å². The largest absolute Gasteiger partial charge is 0.497 e. The Morgan fingerprint density at radius 3 is 2.67 bits per heavy atom. The fourth-order valence-electron chi connectivity index (χ4n) is 1.83. The second-order valence-electron chi connectivity index (χ2n) is 4.26. The molecule has 1 aromatic heterocycles. The lowest BCUT2D eigenvalue weighted by molar-refractivity contribution is 0.189. The minimum atomic E-state index is -1.15. The quantitative estimate of drug-likeness (QED) is 0.742. The van der Waals surface area contributed by atoms with Crippen molar-refractivity contribution in [1.82, 2.24) is 15.5 Å². The molecule has 1 atom stereocenters. The maximum Gasteiger partial charge on any atom is 0.405 e. The number of rotatable bonds is 6. The van der Waals surface area contributed by atoms with E-state index in [1.54, 1.807) is 14.2 Å². The monoisotopic (exact) mass is 292 g/mol. The van der Waals surface area contributed by atoms with E-state index in [4.69, 9.17) is 14.4 Å². The van der Waals surface area contributed by atoms with E-state index in [-0.39, 0.29) is 11.8 Å². The lowest BCUT2D eigenvalue weighted by Crippen LogP contribution is -2.29. The Kier molecular flexibility index (Phi) is 4.60. The fraction of sp³-hybridized carbons (Fsp3) is 0.308. The van der Waals surface area contributed by atoms with Crippen molar-refractivity contribution in [3.05, 3.63) is 35.7 Å². The van der Waals surface area contributed by atoms with Gasteiger partial charge in [0.25, 0.3) is 0 Å². The zero-order valence-electron chi connectivity index (χ0n) is 11.7. The first-order chi connectivity index (χ1) is 10.1. The number of carbonyl (C=O) groups is 1. The summed E-state index contributed by atoms with van der Waals surface area (Å²) < 4.78 is 10.0. The summed E-state index contributed by atoms with van der Waals surface area (Å²) in [6, 6.07) is 6.96. The first-order valence-electron chi connectivity index (χ1n) is 6.26. The van der Waals surface area contributed by atoms with Gasteiger partial charge in [0.2, 0.25) is 0 Å². The summed E-state index contributed by atoms with van der Waals surface area (Å²) in [5.41, 5.74) is 0.922. The molecule has 8 nitrogen and oxygen atoms in total. The van der Waals surface area contributed by atoms with Crippen LogP contribution in [0, 0.1) is 0 Å². The molecule has 1 aromatic carbocycles. The average molecular weight is 292 g/mol. The van der Waals surface area contributed by atoms with Gasteiger partial charge in [0.1, 0.15) is 5.75 Å². The fourth-order valence-corrected chi connectivity index (χ4v) is 1.83. The van der Waals surface area contributed by atoms with Gasteiger partial charge in [-0.25, -0.2) is 4.79 Å². The Balaban J connectivity index is 2.16. The lowest BCUT2D eigenvalue weighted by atomic mass is 10.1. The van der Waals surface area contributed by atoms with Crippen LogP contribution in [0.15, 0.2) is 28.8 Å². The van der Waals surface area contributed by atoms with Crippen molar-refractivity contribution in [2.24, 2.45) is 0 Å². The highest BCUT2D eigenvalue weighted by Gasteiger charge is 2.20. The normalized spacial score (nSPS) is 11.7. The van der Waals surface area contributed by atoms with E-state index < -0.39 is 12.1 Å². The number of hydrogen-bond acceptors (Lipinski definition) is 6. The Bertz CT molecular complexity index is 596. The van der Waals surface area contributed by atoms with Gasteiger partial charge < -0.3 is 25.0 Å². The number of ether oxygens (including phenoxy) is 1. The summed E-state index contributed by atoms with van der Waals surface area (Å²) >= 11 is 0. The highest BCUT2D eigenvalue weighted by Crippen LogP contribution is 2.19. The molecular weight excluding hydrogens is 276 g/mol. The number of anilines is 1. The SMILES string of the molecule is CNc1nc(C(Cc2ccc(OC)cc2)NC(=O)O)no1. The molecule has 1 heterocycles. The predicted molar refractivity (Wildman–Crippen MR) is 74.4 cm³/mol. The maximum atomic E-state index is 10.9. The number of hydrogen-bond donors (Lipinski definition) is 3. The Labute approximate surface area is 121 Å². The summed E-state index contributed by atoms with van der Waals surface area (Å²) in [5, 5.41) is 17.8. The standard InChI is InChI=1S/C13H16N4O4/c1-14-12-16-11(17-21-12)10(15-13(18)19)7-8-3-5-9(20-2)6-4-8/h3-6,10,15H,7H2,1-2H3,(H,18,19)(H,14,16,17). The van der Waals surface area contributed by atoms with E-state index in [0.29, 0.717) is 6.42 Å². The van der Waals surface area contributed by atoms with Crippen molar-refractivity contribution in [1.29, 1.82) is 0 Å². The summed E-state index contributed by atoms with van der Waals surface area (Å²) in [6.07, 6.45) is -0.747. The molecule has 1 unspecified atom stereocenters. The van der Waals surface area contributed by atoms with Crippen molar-refractivity contribution < 1.29 is 19.2 Å². The molecule has 21 heavy (non-hydrogen) atoms. The number of nitrogens with zero attached hydrogens (tertiary/aromatic N) is 2. The van der Waals surface area contributed by atoms with Gasteiger partial charge in [0.15, 0.2) is 5.82 Å². The van der Waals surface area contributed by atoms with Crippen molar-refractivity contribution in [2.75, 3.05) is 19.5 Å². The molecule has 0 fully saturated rings. The smallest absolute Gasteiger partial charge is 0.405 e. The second-order valence-corrected chi connectivity index (χ2v) is 4.26. The zero-order valence-corrected chi connectivity index (χ0v) is 11.7. The van der Waals surface area contributed by atoms with Crippen LogP contribution >= 0.6 is 0 Å². The zero-order chi connectivity index (χ0) is 15.2. The molecule has 0 saturated carbocycles. The molecular formula is C13H16N4O4. The van der Waals surface area contributed by atoms with Gasteiger partial charge in [0.05, 0.1) is 13.2 Å². The highest BCUT2D eigenvalue weighted by atomic mass is 16.5. The molecule has 0 radical (unpaired) electrons. The van der Waals surface area contributed by atoms with Gasteiger partial charge in [-0.1, -0.05) is 17.3 Å².